The van der Waals surface area contributed by atoms with E-state index >= 15 is 0 Å². The minimum absolute atomic E-state index is 0.0652. The number of benzene rings is 1. The highest BCUT2D eigenvalue weighted by Gasteiger charge is 2.34. The molecule has 1 aliphatic rings. The van der Waals surface area contributed by atoms with Gasteiger partial charge in [0.15, 0.2) is 11.9 Å². The van der Waals surface area contributed by atoms with Crippen LogP contribution in [0, 0.1) is 14.4 Å². The highest BCUT2D eigenvalue weighted by Crippen LogP contribution is 2.27. The molecule has 0 atom stereocenters. The molecule has 0 aliphatic carbocycles. The summed E-state index contributed by atoms with van der Waals surface area (Å²) in [6.07, 6.45) is -0.547. The molecule has 0 bridgehead atoms. The number of guanidine groups is 2. The molecule has 1 aliphatic heterocycles. The Morgan fingerprint density at radius 2 is 1.88 bits per heavy atom. The molecule has 26 heavy (non-hydrogen) atoms. The minimum atomic E-state index is -2.65. The number of rotatable bonds is 1. The third-order valence-electron chi connectivity index (χ3n) is 3.24. The zero-order chi connectivity index (χ0) is 19.9. The maximum absolute atomic E-state index is 13.1. The highest BCUT2D eigenvalue weighted by atomic mass is 127. The van der Waals surface area contributed by atoms with Gasteiger partial charge in [0.25, 0.3) is 11.9 Å². The van der Waals surface area contributed by atoms with Crippen molar-refractivity contribution >= 4 is 57.8 Å². The van der Waals surface area contributed by atoms with Crippen molar-refractivity contribution in [1.82, 2.24) is 10.2 Å². The number of nitrogens with zero attached hydrogens (tertiary/aromatic N) is 1. The van der Waals surface area contributed by atoms with Crippen LogP contribution >= 0.6 is 34.2 Å². The predicted molar refractivity (Wildman–Crippen MR) is 105 cm³/mol. The fourth-order valence-electron chi connectivity index (χ4n) is 2.00. The van der Waals surface area contributed by atoms with Gasteiger partial charge in [-0.1, -0.05) is 11.6 Å². The summed E-state index contributed by atoms with van der Waals surface area (Å²) >= 11 is 8.09. The quantitative estimate of drug-likeness (QED) is 0.229. The molecule has 0 amide bonds. The van der Waals surface area contributed by atoms with Crippen LogP contribution in [-0.2, 0) is 4.79 Å². The van der Waals surface area contributed by atoms with E-state index in [0.29, 0.717) is 10.7 Å². The van der Waals surface area contributed by atoms with Crippen molar-refractivity contribution in [3.8, 4) is 0 Å². The van der Waals surface area contributed by atoms with Gasteiger partial charge in [0.2, 0.25) is 0 Å². The van der Waals surface area contributed by atoms with Crippen LogP contribution in [0.1, 0.15) is 19.8 Å². The van der Waals surface area contributed by atoms with Crippen molar-refractivity contribution in [2.45, 2.75) is 25.7 Å². The molecule has 0 radical (unpaired) electrons. The minimum Gasteiger partial charge on any atom is -0.481 e. The van der Waals surface area contributed by atoms with E-state index in [2.05, 4.69) is 33.2 Å². The average molecular weight is 502 g/mol. The first-order valence-electron chi connectivity index (χ1n) is 7.48. The fraction of sp³-hybridized carbons (Fsp3) is 0.400. The molecule has 5 N–H and O–H groups in total. The van der Waals surface area contributed by atoms with Crippen molar-refractivity contribution < 1.29 is 18.7 Å². The molecular weight excluding hydrogens is 483 g/mol. The molecule has 1 saturated heterocycles. The number of likely N-dealkylation sites (tertiary alicyclic amines) is 1. The summed E-state index contributed by atoms with van der Waals surface area (Å²) in [6, 6.07) is 5.23. The van der Waals surface area contributed by atoms with Gasteiger partial charge in [-0.05, 0) is 40.8 Å². The van der Waals surface area contributed by atoms with Crippen LogP contribution in [0.4, 0.5) is 14.5 Å². The van der Waals surface area contributed by atoms with Crippen LogP contribution in [0.25, 0.3) is 0 Å². The molecule has 1 fully saturated rings. The summed E-state index contributed by atoms with van der Waals surface area (Å²) in [5, 5.41) is 28.9. The van der Waals surface area contributed by atoms with Crippen LogP contribution in [0.5, 0.6) is 0 Å². The number of piperidine rings is 1. The summed E-state index contributed by atoms with van der Waals surface area (Å²) in [7, 11) is 0. The van der Waals surface area contributed by atoms with Crippen molar-refractivity contribution in [2.75, 3.05) is 18.4 Å². The standard InChI is InChI=1S/C13H15ClF2IN5.C2H4O2/c14-9-7-8(1-2-10(9)17)20-11(18)21-12(19)22-5-3-13(15,16)4-6-22;1-2(3)4/h1-2,7H,3-6H2,(H4,18,19,20,21);1H3,(H,3,4). The maximum atomic E-state index is 13.1. The lowest BCUT2D eigenvalue weighted by Crippen LogP contribution is -2.50. The van der Waals surface area contributed by atoms with Gasteiger partial charge in [-0.2, -0.15) is 0 Å². The second kappa shape index (κ2) is 9.86. The second-order valence-electron chi connectivity index (χ2n) is 5.46. The van der Waals surface area contributed by atoms with Gasteiger partial charge in [-0.15, -0.1) is 0 Å². The van der Waals surface area contributed by atoms with Crippen LogP contribution in [0.2, 0.25) is 5.02 Å². The lowest BCUT2D eigenvalue weighted by atomic mass is 10.1. The maximum Gasteiger partial charge on any atom is 0.300 e. The predicted octanol–water partition coefficient (Wildman–Crippen LogP) is 3.64. The van der Waals surface area contributed by atoms with Crippen LogP contribution in [0.15, 0.2) is 18.2 Å². The second-order valence-corrected chi connectivity index (χ2v) is 7.03. The van der Waals surface area contributed by atoms with Gasteiger partial charge in [-0.3, -0.25) is 20.9 Å². The van der Waals surface area contributed by atoms with Gasteiger partial charge in [0.05, 0.1) is 5.02 Å². The van der Waals surface area contributed by atoms with E-state index in [4.69, 9.17) is 32.3 Å². The number of hydrogen-bond donors (Lipinski definition) is 5. The third kappa shape index (κ3) is 8.13. The lowest BCUT2D eigenvalue weighted by molar-refractivity contribution is -0.134. The van der Waals surface area contributed by atoms with E-state index in [0.717, 1.165) is 10.5 Å². The Kier molecular flexibility index (Phi) is 8.47. The first-order chi connectivity index (χ1) is 12.0. The zero-order valence-electron chi connectivity index (χ0n) is 13.9. The number of anilines is 1. The molecular formula is C15H19ClF2IN5O2. The number of aliphatic carboxylic acids is 1. The number of hydrogen-bond acceptors (Lipinski definition) is 3. The first-order valence-corrected chi connectivity index (χ1v) is 8.94. The van der Waals surface area contributed by atoms with Gasteiger partial charge < -0.3 is 15.3 Å². The number of halogens is 4. The lowest BCUT2D eigenvalue weighted by Gasteiger charge is -2.33. The van der Waals surface area contributed by atoms with Gasteiger partial charge in [-0.25, -0.2) is 8.78 Å². The van der Waals surface area contributed by atoms with Crippen molar-refractivity contribution in [3.05, 3.63) is 26.8 Å². The molecule has 7 nitrogen and oxygen atoms in total. The van der Waals surface area contributed by atoms with Gasteiger partial charge in [0, 0.05) is 42.1 Å². The van der Waals surface area contributed by atoms with Crippen molar-refractivity contribution in [3.63, 3.8) is 0 Å². The molecule has 0 saturated carbocycles. The Morgan fingerprint density at radius 1 is 1.35 bits per heavy atom. The molecule has 1 heterocycles. The monoisotopic (exact) mass is 501 g/mol. The Hall–Kier alpha value is -1.69. The smallest absolute Gasteiger partial charge is 0.300 e. The van der Waals surface area contributed by atoms with Crippen molar-refractivity contribution in [2.24, 2.45) is 0 Å². The summed E-state index contributed by atoms with van der Waals surface area (Å²) < 4.78 is 27.0. The molecule has 0 aromatic heterocycles. The van der Waals surface area contributed by atoms with E-state index in [1.807, 2.05) is 0 Å². The number of alkyl halides is 2. The number of carboxylic acids is 1. The molecule has 0 unspecified atom stereocenters. The topological polar surface area (TPSA) is 112 Å². The molecule has 1 aromatic rings. The SMILES string of the molecule is CC(=O)O.N=C(NC(=N)N1CCC(F)(F)CC1)Nc1ccc(I)c(Cl)c1. The zero-order valence-corrected chi connectivity index (χ0v) is 16.8. The van der Waals surface area contributed by atoms with Crippen molar-refractivity contribution in [1.29, 1.82) is 10.8 Å². The summed E-state index contributed by atoms with van der Waals surface area (Å²) in [5.74, 6) is -3.66. The Labute approximate surface area is 168 Å². The normalized spacial score (nSPS) is 15.3. The van der Waals surface area contributed by atoms with Gasteiger partial charge in [0.1, 0.15) is 0 Å². The van der Waals surface area contributed by atoms with E-state index in [9.17, 15) is 8.78 Å². The number of nitrogens with one attached hydrogen (secondary N) is 4. The largest absolute Gasteiger partial charge is 0.481 e. The number of carboxylic acid groups (broad SMARTS) is 1. The average Bonchev–Trinajstić information content (AvgIpc) is 2.50. The third-order valence-corrected chi connectivity index (χ3v) is 4.82. The molecule has 2 rings (SSSR count). The summed E-state index contributed by atoms with van der Waals surface area (Å²) in [5.41, 5.74) is 0.612. The van der Waals surface area contributed by atoms with Crippen LogP contribution in [-0.4, -0.2) is 46.9 Å². The first kappa shape index (κ1) is 22.4. The van der Waals surface area contributed by atoms with E-state index < -0.39 is 11.9 Å². The van der Waals surface area contributed by atoms with E-state index in [1.54, 1.807) is 18.2 Å². The van der Waals surface area contributed by atoms with Crippen LogP contribution in [0.3, 0.4) is 0 Å². The van der Waals surface area contributed by atoms with E-state index in [-0.39, 0.29) is 37.9 Å². The van der Waals surface area contributed by atoms with Gasteiger partial charge >= 0.3 is 0 Å². The highest BCUT2D eigenvalue weighted by molar-refractivity contribution is 14.1. The van der Waals surface area contributed by atoms with E-state index in [1.165, 1.54) is 4.90 Å². The number of carbonyl (C=O) groups is 1. The Morgan fingerprint density at radius 3 is 2.38 bits per heavy atom. The molecule has 11 heteroatoms. The van der Waals surface area contributed by atoms with Crippen LogP contribution < -0.4 is 10.6 Å². The molecule has 144 valence electrons. The Bertz CT molecular complexity index is 676. The summed E-state index contributed by atoms with van der Waals surface area (Å²) in [6.45, 7) is 1.28. The molecule has 0 spiro atoms. The Balaban J connectivity index is 0.000000765. The molecule has 1 aromatic carbocycles. The summed E-state index contributed by atoms with van der Waals surface area (Å²) in [4.78, 5) is 10.5. The fourth-order valence-corrected chi connectivity index (χ4v) is 2.52.